The van der Waals surface area contributed by atoms with Gasteiger partial charge in [-0.25, -0.2) is 0 Å². The lowest BCUT2D eigenvalue weighted by molar-refractivity contribution is -0.122. The Balaban J connectivity index is 1.66. The van der Waals surface area contributed by atoms with E-state index in [9.17, 15) is 4.79 Å². The lowest BCUT2D eigenvalue weighted by Gasteiger charge is -2.39. The number of hydrogen-bond donors (Lipinski definition) is 0. The maximum atomic E-state index is 11.3. The van der Waals surface area contributed by atoms with Gasteiger partial charge < -0.3 is 4.90 Å². The van der Waals surface area contributed by atoms with Gasteiger partial charge in [0.2, 0.25) is 6.41 Å². The minimum Gasteiger partial charge on any atom is -0.339 e. The topological polar surface area (TPSA) is 23.6 Å². The van der Waals surface area contributed by atoms with Crippen molar-refractivity contribution in [3.05, 3.63) is 71.8 Å². The van der Waals surface area contributed by atoms with Crippen LogP contribution in [-0.4, -0.2) is 41.9 Å². The van der Waals surface area contributed by atoms with E-state index in [4.69, 9.17) is 0 Å². The number of amides is 1. The van der Waals surface area contributed by atoms with E-state index < -0.39 is 0 Å². The predicted molar refractivity (Wildman–Crippen MR) is 88.4 cm³/mol. The summed E-state index contributed by atoms with van der Waals surface area (Å²) in [5, 5.41) is 0. The van der Waals surface area contributed by atoms with Crippen LogP contribution in [0.1, 0.15) is 11.1 Å². The van der Waals surface area contributed by atoms with Gasteiger partial charge in [0.05, 0.1) is 0 Å². The van der Waals surface area contributed by atoms with Crippen molar-refractivity contribution in [1.82, 2.24) is 9.80 Å². The molecule has 0 bridgehead atoms. The van der Waals surface area contributed by atoms with Crippen LogP contribution < -0.4 is 0 Å². The van der Waals surface area contributed by atoms with E-state index >= 15 is 0 Å². The highest BCUT2D eigenvalue weighted by Crippen LogP contribution is 2.16. The molecule has 1 aliphatic rings. The number of piperazine rings is 1. The lowest BCUT2D eigenvalue weighted by Crippen LogP contribution is -2.52. The highest BCUT2D eigenvalue weighted by atomic mass is 16.1. The molecule has 0 aliphatic carbocycles. The first kappa shape index (κ1) is 14.8. The zero-order chi connectivity index (χ0) is 15.2. The number of hydrogen-bond acceptors (Lipinski definition) is 2. The van der Waals surface area contributed by atoms with E-state index in [0.29, 0.717) is 0 Å². The van der Waals surface area contributed by atoms with E-state index in [1.807, 2.05) is 17.0 Å². The van der Waals surface area contributed by atoms with Crippen LogP contribution in [0.3, 0.4) is 0 Å². The maximum absolute atomic E-state index is 11.3. The molecule has 1 amide bonds. The maximum Gasteiger partial charge on any atom is 0.210 e. The number of benzene rings is 2. The SMILES string of the molecule is O=CN1CCN(Cc2ccccc2)C[C@H]1Cc1ccccc1. The third kappa shape index (κ3) is 3.74. The molecule has 0 spiro atoms. The lowest BCUT2D eigenvalue weighted by atomic mass is 10.0. The van der Waals surface area contributed by atoms with Crippen LogP contribution in [-0.2, 0) is 17.8 Å². The highest BCUT2D eigenvalue weighted by molar-refractivity contribution is 5.48. The highest BCUT2D eigenvalue weighted by Gasteiger charge is 2.25. The second-order valence-corrected chi connectivity index (χ2v) is 5.91. The Kier molecular flexibility index (Phi) is 4.86. The molecule has 2 aromatic rings. The van der Waals surface area contributed by atoms with E-state index in [1.165, 1.54) is 11.1 Å². The molecule has 0 saturated carbocycles. The normalized spacial score (nSPS) is 19.1. The molecular weight excluding hydrogens is 272 g/mol. The quantitative estimate of drug-likeness (QED) is 0.791. The van der Waals surface area contributed by atoms with Crippen molar-refractivity contribution in [3.8, 4) is 0 Å². The number of rotatable bonds is 5. The Morgan fingerprint density at radius 2 is 1.55 bits per heavy atom. The van der Waals surface area contributed by atoms with Gasteiger partial charge in [0, 0.05) is 32.2 Å². The Labute approximate surface area is 132 Å². The fourth-order valence-electron chi connectivity index (χ4n) is 3.13. The summed E-state index contributed by atoms with van der Waals surface area (Å²) in [6, 6.07) is 21.2. The van der Waals surface area contributed by atoms with Crippen molar-refractivity contribution in [2.24, 2.45) is 0 Å². The molecule has 1 saturated heterocycles. The van der Waals surface area contributed by atoms with Crippen molar-refractivity contribution >= 4 is 6.41 Å². The average Bonchev–Trinajstić information content (AvgIpc) is 2.57. The summed E-state index contributed by atoms with van der Waals surface area (Å²) in [5.41, 5.74) is 2.63. The van der Waals surface area contributed by atoms with Crippen molar-refractivity contribution in [2.75, 3.05) is 19.6 Å². The fourth-order valence-corrected chi connectivity index (χ4v) is 3.13. The van der Waals surface area contributed by atoms with Crippen LogP contribution in [0.15, 0.2) is 60.7 Å². The fraction of sp³-hybridized carbons (Fsp3) is 0.316. The Morgan fingerprint density at radius 3 is 2.18 bits per heavy atom. The van der Waals surface area contributed by atoms with Gasteiger partial charge in [-0.2, -0.15) is 0 Å². The van der Waals surface area contributed by atoms with Crippen LogP contribution in [0.25, 0.3) is 0 Å². The molecule has 3 rings (SSSR count). The van der Waals surface area contributed by atoms with Crippen molar-refractivity contribution in [3.63, 3.8) is 0 Å². The smallest absolute Gasteiger partial charge is 0.210 e. The molecule has 1 fully saturated rings. The van der Waals surface area contributed by atoms with Gasteiger partial charge in [-0.05, 0) is 17.5 Å². The molecule has 114 valence electrons. The van der Waals surface area contributed by atoms with Crippen molar-refractivity contribution in [1.29, 1.82) is 0 Å². The number of carbonyl (C=O) groups is 1. The van der Waals surface area contributed by atoms with Gasteiger partial charge in [0.25, 0.3) is 0 Å². The standard InChI is InChI=1S/C19H22N2O/c22-16-21-12-11-20(14-18-9-5-2-6-10-18)15-19(21)13-17-7-3-1-4-8-17/h1-10,16,19H,11-15H2/t19-/m1/s1. The monoisotopic (exact) mass is 294 g/mol. The van der Waals surface area contributed by atoms with E-state index in [2.05, 4.69) is 53.4 Å². The van der Waals surface area contributed by atoms with Crippen molar-refractivity contribution in [2.45, 2.75) is 19.0 Å². The number of nitrogens with zero attached hydrogens (tertiary/aromatic N) is 2. The van der Waals surface area contributed by atoms with Gasteiger partial charge in [-0.3, -0.25) is 9.69 Å². The van der Waals surface area contributed by atoms with Crippen LogP contribution >= 0.6 is 0 Å². The summed E-state index contributed by atoms with van der Waals surface area (Å²) >= 11 is 0. The van der Waals surface area contributed by atoms with Gasteiger partial charge in [0.15, 0.2) is 0 Å². The van der Waals surface area contributed by atoms with Crippen LogP contribution in [0, 0.1) is 0 Å². The van der Waals surface area contributed by atoms with Gasteiger partial charge in [-0.15, -0.1) is 0 Å². The average molecular weight is 294 g/mol. The van der Waals surface area contributed by atoms with Crippen molar-refractivity contribution < 1.29 is 4.79 Å². The van der Waals surface area contributed by atoms with E-state index in [1.54, 1.807) is 0 Å². The Morgan fingerprint density at radius 1 is 0.909 bits per heavy atom. The Hall–Kier alpha value is -2.13. The summed E-state index contributed by atoms with van der Waals surface area (Å²) in [6.07, 6.45) is 1.93. The molecule has 1 heterocycles. The molecule has 2 aromatic carbocycles. The van der Waals surface area contributed by atoms with Crippen LogP contribution in [0.4, 0.5) is 0 Å². The summed E-state index contributed by atoms with van der Waals surface area (Å²) < 4.78 is 0. The first-order valence-corrected chi connectivity index (χ1v) is 7.86. The first-order valence-electron chi connectivity index (χ1n) is 7.86. The molecule has 1 atom stereocenters. The molecule has 1 aliphatic heterocycles. The van der Waals surface area contributed by atoms with E-state index in [-0.39, 0.29) is 6.04 Å². The van der Waals surface area contributed by atoms with Gasteiger partial charge in [-0.1, -0.05) is 60.7 Å². The molecule has 0 aromatic heterocycles. The zero-order valence-electron chi connectivity index (χ0n) is 12.8. The van der Waals surface area contributed by atoms with Crippen LogP contribution in [0.2, 0.25) is 0 Å². The summed E-state index contributed by atoms with van der Waals surface area (Å²) in [7, 11) is 0. The third-order valence-electron chi connectivity index (χ3n) is 4.31. The second-order valence-electron chi connectivity index (χ2n) is 5.91. The second kappa shape index (κ2) is 7.23. The molecule has 0 radical (unpaired) electrons. The summed E-state index contributed by atoms with van der Waals surface area (Å²) in [4.78, 5) is 15.7. The summed E-state index contributed by atoms with van der Waals surface area (Å²) in [6.45, 7) is 3.65. The third-order valence-corrected chi connectivity index (χ3v) is 4.31. The van der Waals surface area contributed by atoms with Gasteiger partial charge >= 0.3 is 0 Å². The minimum absolute atomic E-state index is 0.261. The number of carbonyl (C=O) groups excluding carboxylic acids is 1. The zero-order valence-corrected chi connectivity index (χ0v) is 12.8. The minimum atomic E-state index is 0.261. The summed E-state index contributed by atoms with van der Waals surface area (Å²) in [5.74, 6) is 0. The molecular formula is C19H22N2O. The molecule has 0 unspecified atom stereocenters. The molecule has 0 N–H and O–H groups in total. The predicted octanol–water partition coefficient (Wildman–Crippen LogP) is 2.57. The van der Waals surface area contributed by atoms with E-state index in [0.717, 1.165) is 39.0 Å². The molecule has 3 nitrogen and oxygen atoms in total. The largest absolute Gasteiger partial charge is 0.339 e. The van der Waals surface area contributed by atoms with Crippen LogP contribution in [0.5, 0.6) is 0 Å². The molecule has 22 heavy (non-hydrogen) atoms. The first-order chi connectivity index (χ1) is 10.8. The van der Waals surface area contributed by atoms with Gasteiger partial charge in [0.1, 0.15) is 0 Å². The Bertz CT molecular complexity index is 585. The molecule has 3 heteroatoms.